The van der Waals surface area contributed by atoms with Crippen molar-refractivity contribution in [2.24, 2.45) is 0 Å². The van der Waals surface area contributed by atoms with Gasteiger partial charge in [0.1, 0.15) is 6.04 Å². The average molecular weight is 302 g/mol. The van der Waals surface area contributed by atoms with Gasteiger partial charge in [0.15, 0.2) is 12.4 Å². The largest absolute Gasteiger partial charge is 0.545 e. The Kier molecular flexibility index (Phi) is 6.80. The lowest BCUT2D eigenvalue weighted by molar-refractivity contribution is -0.898. The summed E-state index contributed by atoms with van der Waals surface area (Å²) in [4.78, 5) is 23.5. The second-order valence-corrected chi connectivity index (χ2v) is 4.96. The third-order valence-corrected chi connectivity index (χ3v) is 3.39. The van der Waals surface area contributed by atoms with Gasteiger partial charge in [-0.1, -0.05) is 5.92 Å². The summed E-state index contributed by atoms with van der Waals surface area (Å²) in [5.41, 5.74) is 2.29. The molecule has 1 saturated heterocycles. The molecule has 2 rings (SSSR count). The van der Waals surface area contributed by atoms with E-state index in [1.807, 2.05) is 6.20 Å². The van der Waals surface area contributed by atoms with Crippen molar-refractivity contribution in [2.45, 2.75) is 18.9 Å². The summed E-state index contributed by atoms with van der Waals surface area (Å²) in [7, 11) is 2.25. The number of carboxylic acids is 2. The molecule has 6 heteroatoms. The first-order valence-corrected chi connectivity index (χ1v) is 6.84. The molecule has 0 radical (unpaired) electrons. The fourth-order valence-electron chi connectivity index (χ4n) is 2.37. The molecule has 0 spiro atoms. The van der Waals surface area contributed by atoms with Crippen molar-refractivity contribution in [1.29, 1.82) is 0 Å². The highest BCUT2D eigenvalue weighted by Crippen LogP contribution is 2.17. The maximum Gasteiger partial charge on any atom is 0.182 e. The monoisotopic (exact) mass is 302 g/mol. The maximum atomic E-state index is 9.41. The predicted molar refractivity (Wildman–Crippen MR) is 73.8 cm³/mol. The van der Waals surface area contributed by atoms with E-state index in [1.54, 1.807) is 4.90 Å². The molecule has 22 heavy (non-hydrogen) atoms. The van der Waals surface area contributed by atoms with Crippen LogP contribution in [0.25, 0.3) is 0 Å². The van der Waals surface area contributed by atoms with E-state index in [9.17, 15) is 19.8 Å². The van der Waals surface area contributed by atoms with Crippen LogP contribution in [0.5, 0.6) is 0 Å². The third kappa shape index (κ3) is 5.77. The van der Waals surface area contributed by atoms with Crippen LogP contribution in [0.4, 0.5) is 0 Å². The Balaban J connectivity index is 0.000000261. The number of likely N-dealkylation sites (tertiary alicyclic amines) is 1. The number of nitrogens with one attached hydrogen (secondary N) is 2. The molecule has 1 fully saturated rings. The molecule has 116 valence electrons. The normalized spacial score (nSPS) is 20.0. The average Bonchev–Trinajstić information content (AvgIpc) is 2.92. The first-order chi connectivity index (χ1) is 10.4. The number of terminal acetylenes is 1. The standard InChI is InChI=1S/C12H14N2.C4H4O4/c1-3-10-7-11(9-13-8-10)12-5-4-6-14(12)2;5-3(6)1-2-4(7)8/h1,7-9,12H,4-6H2,2H3;1-2H,(H,5,6)(H,7,8)/b;2-1-/t12-;/m0./s1. The second-order valence-electron chi connectivity index (χ2n) is 4.96. The lowest BCUT2D eigenvalue weighted by Gasteiger charge is -2.14. The number of hydrogen-bond donors (Lipinski definition) is 1. The summed E-state index contributed by atoms with van der Waals surface area (Å²) in [5.74, 6) is -0.429. The van der Waals surface area contributed by atoms with Crippen LogP contribution < -0.4 is 20.1 Å². The molecule has 1 aromatic rings. The summed E-state index contributed by atoms with van der Waals surface area (Å²) in [5, 5.41) is 18.8. The number of hydrogen-bond acceptors (Lipinski definition) is 4. The molecular formula is C16H18N2O4. The molecule has 1 aromatic heterocycles. The Morgan fingerprint density at radius 1 is 1.36 bits per heavy atom. The molecule has 0 aliphatic carbocycles. The van der Waals surface area contributed by atoms with E-state index >= 15 is 0 Å². The predicted octanol–water partition coefficient (Wildman–Crippen LogP) is -3.13. The van der Waals surface area contributed by atoms with Crippen LogP contribution in [0.15, 0.2) is 30.6 Å². The van der Waals surface area contributed by atoms with Gasteiger partial charge >= 0.3 is 0 Å². The highest BCUT2D eigenvalue weighted by molar-refractivity contribution is 5.87. The minimum absolute atomic E-state index is 0.384. The van der Waals surface area contributed by atoms with Crippen molar-refractivity contribution in [3.8, 4) is 12.3 Å². The van der Waals surface area contributed by atoms with Crippen LogP contribution in [0, 0.1) is 12.3 Å². The maximum absolute atomic E-state index is 9.41. The number of rotatable bonds is 3. The van der Waals surface area contributed by atoms with Crippen molar-refractivity contribution >= 4 is 11.9 Å². The van der Waals surface area contributed by atoms with Crippen molar-refractivity contribution in [3.63, 3.8) is 0 Å². The summed E-state index contributed by atoms with van der Waals surface area (Å²) >= 11 is 0. The molecule has 2 atom stereocenters. The number of aromatic nitrogens is 1. The zero-order valence-corrected chi connectivity index (χ0v) is 12.3. The van der Waals surface area contributed by atoms with Gasteiger partial charge < -0.3 is 24.7 Å². The molecule has 0 aromatic carbocycles. The summed E-state index contributed by atoms with van der Waals surface area (Å²) in [6, 6.07) is 2.75. The lowest BCUT2D eigenvalue weighted by Crippen LogP contribution is -3.07. The molecule has 2 heterocycles. The topological polar surface area (TPSA) is 98.8 Å². The van der Waals surface area contributed by atoms with Gasteiger partial charge in [0.05, 0.1) is 36.7 Å². The van der Waals surface area contributed by atoms with Gasteiger partial charge in [-0.3, -0.25) is 0 Å². The molecule has 2 N–H and O–H groups in total. The molecule has 0 bridgehead atoms. The van der Waals surface area contributed by atoms with E-state index in [-0.39, 0.29) is 0 Å². The van der Waals surface area contributed by atoms with Crippen LogP contribution in [-0.4, -0.2) is 25.5 Å². The Hall–Kier alpha value is -2.65. The van der Waals surface area contributed by atoms with Crippen molar-refractivity contribution in [3.05, 3.63) is 41.7 Å². The van der Waals surface area contributed by atoms with E-state index < -0.39 is 11.9 Å². The van der Waals surface area contributed by atoms with Crippen LogP contribution in [0.1, 0.15) is 30.0 Å². The van der Waals surface area contributed by atoms with Gasteiger partial charge in [0.25, 0.3) is 0 Å². The molecule has 0 saturated carbocycles. The van der Waals surface area contributed by atoms with Crippen LogP contribution in [0.3, 0.4) is 0 Å². The highest BCUT2D eigenvalue weighted by Gasteiger charge is 2.28. The fourth-order valence-corrected chi connectivity index (χ4v) is 2.37. The molecule has 1 unspecified atom stereocenters. The number of H-pyrrole nitrogens is 1. The lowest BCUT2D eigenvalue weighted by atomic mass is 10.1. The molecular weight excluding hydrogens is 284 g/mol. The number of carbonyl (C=O) groups is 2. The van der Waals surface area contributed by atoms with Crippen molar-refractivity contribution in [1.82, 2.24) is 0 Å². The molecule has 1 aliphatic heterocycles. The summed E-state index contributed by atoms with van der Waals surface area (Å²) in [6.07, 6.45) is 12.7. The summed E-state index contributed by atoms with van der Waals surface area (Å²) < 4.78 is 0. The smallest absolute Gasteiger partial charge is 0.182 e. The summed E-state index contributed by atoms with van der Waals surface area (Å²) in [6.45, 7) is 1.27. The number of carbonyl (C=O) groups excluding carboxylic acids is 2. The SMILES string of the molecule is C#Cc1c[nH+]cc([C@@H]2CCC[NH+]2C)c1.O=C([O-])/C=C\C(=O)[O-]. The van der Waals surface area contributed by atoms with Gasteiger partial charge in [-0.2, -0.15) is 0 Å². The quantitative estimate of drug-likeness (QED) is 0.471. The third-order valence-electron chi connectivity index (χ3n) is 3.39. The van der Waals surface area contributed by atoms with Crippen LogP contribution in [-0.2, 0) is 9.59 Å². The Morgan fingerprint density at radius 2 is 2.00 bits per heavy atom. The van der Waals surface area contributed by atoms with E-state index in [1.165, 1.54) is 24.9 Å². The number of pyridine rings is 1. The van der Waals surface area contributed by atoms with E-state index in [0.29, 0.717) is 18.2 Å². The van der Waals surface area contributed by atoms with Gasteiger partial charge in [-0.15, -0.1) is 6.42 Å². The number of quaternary nitrogens is 1. The Labute approximate surface area is 129 Å². The van der Waals surface area contributed by atoms with Crippen molar-refractivity contribution < 1.29 is 29.7 Å². The Bertz CT molecular complexity index is 588. The minimum Gasteiger partial charge on any atom is -0.545 e. The van der Waals surface area contributed by atoms with E-state index in [2.05, 4.69) is 30.2 Å². The van der Waals surface area contributed by atoms with Gasteiger partial charge in [0.2, 0.25) is 0 Å². The minimum atomic E-state index is -1.55. The van der Waals surface area contributed by atoms with Crippen LogP contribution in [0.2, 0.25) is 0 Å². The zero-order chi connectivity index (χ0) is 16.5. The highest BCUT2D eigenvalue weighted by atomic mass is 16.4. The molecule has 0 amide bonds. The first kappa shape index (κ1) is 17.4. The van der Waals surface area contributed by atoms with Gasteiger partial charge in [-0.05, 0) is 18.2 Å². The second kappa shape index (κ2) is 8.60. The molecule has 1 aliphatic rings. The number of aromatic amines is 1. The van der Waals surface area contributed by atoms with Crippen LogP contribution >= 0.6 is 0 Å². The van der Waals surface area contributed by atoms with E-state index in [0.717, 1.165) is 5.56 Å². The van der Waals surface area contributed by atoms with E-state index in [4.69, 9.17) is 6.42 Å². The van der Waals surface area contributed by atoms with Gasteiger partial charge in [0, 0.05) is 12.8 Å². The number of carboxylic acid groups (broad SMARTS) is 2. The molecule has 6 nitrogen and oxygen atoms in total. The fraction of sp³-hybridized carbons (Fsp3) is 0.312. The number of aliphatic carboxylic acids is 2. The van der Waals surface area contributed by atoms with Gasteiger partial charge in [-0.25, -0.2) is 4.98 Å². The first-order valence-electron chi connectivity index (χ1n) is 6.84. The van der Waals surface area contributed by atoms with Crippen molar-refractivity contribution in [2.75, 3.05) is 13.6 Å². The Morgan fingerprint density at radius 3 is 2.45 bits per heavy atom. The zero-order valence-electron chi connectivity index (χ0n) is 12.3.